The molecule has 1 fully saturated rings. The molecule has 2 rings (SSSR count). The van der Waals surface area contributed by atoms with E-state index in [1.54, 1.807) is 6.07 Å². The second-order valence-corrected chi connectivity index (χ2v) is 5.02. The Balaban J connectivity index is 2.29. The number of carboxylic acid groups (broad SMARTS) is 1. The van der Waals surface area contributed by atoms with E-state index in [1.165, 1.54) is 23.1 Å². The van der Waals surface area contributed by atoms with Crippen LogP contribution in [0, 0.1) is 10.1 Å². The zero-order chi connectivity index (χ0) is 15.4. The fourth-order valence-electron chi connectivity index (χ4n) is 2.65. The van der Waals surface area contributed by atoms with E-state index < -0.39 is 22.8 Å². The first kappa shape index (κ1) is 15.0. The highest BCUT2D eigenvalue weighted by Gasteiger charge is 2.32. The summed E-state index contributed by atoms with van der Waals surface area (Å²) in [6.45, 7) is 0.433. The van der Waals surface area contributed by atoms with Gasteiger partial charge in [0.1, 0.15) is 5.56 Å². The number of benzene rings is 1. The molecule has 1 heterocycles. The fourth-order valence-corrected chi connectivity index (χ4v) is 2.65. The molecule has 0 radical (unpaired) electrons. The van der Waals surface area contributed by atoms with Crippen LogP contribution in [0.5, 0.6) is 0 Å². The highest BCUT2D eigenvalue weighted by molar-refractivity contribution is 5.98. The maximum Gasteiger partial charge on any atom is 0.305 e. The summed E-state index contributed by atoms with van der Waals surface area (Å²) >= 11 is 0. The van der Waals surface area contributed by atoms with Crippen LogP contribution in [0.2, 0.25) is 0 Å². The lowest BCUT2D eigenvalue weighted by molar-refractivity contribution is -0.385. The summed E-state index contributed by atoms with van der Waals surface area (Å²) < 4.78 is 0. The lowest BCUT2D eigenvalue weighted by Gasteiger charge is -2.34. The molecule has 1 unspecified atom stereocenters. The number of para-hydroxylation sites is 1. The van der Waals surface area contributed by atoms with Crippen LogP contribution in [-0.2, 0) is 4.79 Å². The number of hydrogen-bond donors (Lipinski definition) is 1. The third-order valence-corrected chi connectivity index (χ3v) is 3.63. The molecular weight excluding hydrogens is 276 g/mol. The van der Waals surface area contributed by atoms with E-state index in [1.807, 2.05) is 0 Å². The molecule has 1 atom stereocenters. The Morgan fingerprint density at radius 1 is 1.33 bits per heavy atom. The monoisotopic (exact) mass is 292 g/mol. The van der Waals surface area contributed by atoms with Crippen molar-refractivity contribution in [3.63, 3.8) is 0 Å². The summed E-state index contributed by atoms with van der Waals surface area (Å²) in [6.07, 6.45) is 2.12. The molecule has 1 saturated heterocycles. The van der Waals surface area contributed by atoms with Crippen LogP contribution in [0.4, 0.5) is 5.69 Å². The van der Waals surface area contributed by atoms with Crippen LogP contribution in [0.1, 0.15) is 36.0 Å². The summed E-state index contributed by atoms with van der Waals surface area (Å²) in [5.74, 6) is -1.43. The summed E-state index contributed by atoms with van der Waals surface area (Å²) in [5, 5.41) is 19.9. The van der Waals surface area contributed by atoms with Crippen LogP contribution in [0.3, 0.4) is 0 Å². The first-order chi connectivity index (χ1) is 10.0. The minimum Gasteiger partial charge on any atom is -0.481 e. The normalized spacial score (nSPS) is 18.3. The lowest BCUT2D eigenvalue weighted by Crippen LogP contribution is -2.44. The number of nitrogens with zero attached hydrogens (tertiary/aromatic N) is 2. The Morgan fingerprint density at radius 3 is 2.71 bits per heavy atom. The smallest absolute Gasteiger partial charge is 0.305 e. The van der Waals surface area contributed by atoms with Crippen molar-refractivity contribution in [3.05, 3.63) is 39.9 Å². The van der Waals surface area contributed by atoms with Gasteiger partial charge in [0.15, 0.2) is 0 Å². The van der Waals surface area contributed by atoms with Gasteiger partial charge in [-0.05, 0) is 25.3 Å². The molecule has 1 amide bonds. The summed E-state index contributed by atoms with van der Waals surface area (Å²) in [7, 11) is 0. The van der Waals surface area contributed by atoms with Gasteiger partial charge in [-0.2, -0.15) is 0 Å². The van der Waals surface area contributed by atoms with Gasteiger partial charge in [0, 0.05) is 18.7 Å². The van der Waals surface area contributed by atoms with Gasteiger partial charge in [-0.1, -0.05) is 12.1 Å². The van der Waals surface area contributed by atoms with Gasteiger partial charge < -0.3 is 10.0 Å². The number of rotatable bonds is 4. The fraction of sp³-hybridized carbons (Fsp3) is 0.429. The predicted octanol–water partition coefficient (Wildman–Crippen LogP) is 2.06. The zero-order valence-corrected chi connectivity index (χ0v) is 11.4. The van der Waals surface area contributed by atoms with Crippen molar-refractivity contribution >= 4 is 17.6 Å². The molecule has 0 aliphatic carbocycles. The van der Waals surface area contributed by atoms with E-state index in [0.717, 1.165) is 12.8 Å². The molecule has 7 nitrogen and oxygen atoms in total. The van der Waals surface area contributed by atoms with Crippen LogP contribution in [-0.4, -0.2) is 39.4 Å². The third-order valence-electron chi connectivity index (χ3n) is 3.63. The van der Waals surface area contributed by atoms with Gasteiger partial charge in [0.25, 0.3) is 11.6 Å². The van der Waals surface area contributed by atoms with Gasteiger partial charge in [-0.25, -0.2) is 0 Å². The SMILES string of the molecule is O=C(O)CC1CCCCN1C(=O)c1ccccc1[N+](=O)[O-]. The first-order valence-electron chi connectivity index (χ1n) is 6.77. The molecule has 0 bridgehead atoms. The second kappa shape index (κ2) is 6.34. The number of hydrogen-bond acceptors (Lipinski definition) is 4. The minimum atomic E-state index is -0.970. The third kappa shape index (κ3) is 3.36. The summed E-state index contributed by atoms with van der Waals surface area (Å²) in [5.41, 5.74) is -0.234. The van der Waals surface area contributed by atoms with E-state index in [-0.39, 0.29) is 17.7 Å². The molecule has 1 aromatic rings. The van der Waals surface area contributed by atoms with Crippen LogP contribution in [0.15, 0.2) is 24.3 Å². The van der Waals surface area contributed by atoms with Crippen molar-refractivity contribution in [2.75, 3.05) is 6.54 Å². The number of piperidine rings is 1. The molecule has 1 aromatic carbocycles. The van der Waals surface area contributed by atoms with Crippen LogP contribution < -0.4 is 0 Å². The zero-order valence-electron chi connectivity index (χ0n) is 11.4. The van der Waals surface area contributed by atoms with Crippen molar-refractivity contribution in [3.8, 4) is 0 Å². The second-order valence-electron chi connectivity index (χ2n) is 5.02. The van der Waals surface area contributed by atoms with E-state index >= 15 is 0 Å². The van der Waals surface area contributed by atoms with Crippen molar-refractivity contribution in [2.45, 2.75) is 31.7 Å². The topological polar surface area (TPSA) is 101 Å². The predicted molar refractivity (Wildman–Crippen MR) is 74.0 cm³/mol. The Bertz CT molecular complexity index is 572. The Morgan fingerprint density at radius 2 is 2.05 bits per heavy atom. The molecule has 1 N–H and O–H groups in total. The number of likely N-dealkylation sites (tertiary alicyclic amines) is 1. The summed E-state index contributed by atoms with van der Waals surface area (Å²) in [4.78, 5) is 35.3. The average Bonchev–Trinajstić information content (AvgIpc) is 2.46. The lowest BCUT2D eigenvalue weighted by atomic mass is 9.98. The average molecular weight is 292 g/mol. The molecule has 112 valence electrons. The summed E-state index contributed by atoms with van der Waals surface area (Å²) in [6, 6.07) is 5.36. The van der Waals surface area contributed by atoms with E-state index in [9.17, 15) is 19.7 Å². The van der Waals surface area contributed by atoms with Crippen LogP contribution >= 0.6 is 0 Å². The van der Waals surface area contributed by atoms with Crippen LogP contribution in [0.25, 0.3) is 0 Å². The van der Waals surface area contributed by atoms with E-state index in [0.29, 0.717) is 13.0 Å². The number of aliphatic carboxylic acids is 1. The maximum absolute atomic E-state index is 12.5. The number of nitro groups is 1. The number of carbonyl (C=O) groups is 2. The Hall–Kier alpha value is -2.44. The molecule has 0 saturated carbocycles. The van der Waals surface area contributed by atoms with Gasteiger partial charge in [0.2, 0.25) is 0 Å². The Kier molecular flexibility index (Phi) is 4.52. The Labute approximate surface area is 121 Å². The standard InChI is InChI=1S/C14H16N2O5/c17-13(18)9-10-5-3-4-8-15(10)14(19)11-6-1-2-7-12(11)16(20)21/h1-2,6-7,10H,3-5,8-9H2,(H,17,18). The van der Waals surface area contributed by atoms with Gasteiger partial charge >= 0.3 is 5.97 Å². The van der Waals surface area contributed by atoms with Crippen molar-refractivity contribution < 1.29 is 19.6 Å². The number of carbonyl (C=O) groups excluding carboxylic acids is 1. The highest BCUT2D eigenvalue weighted by Crippen LogP contribution is 2.25. The molecule has 0 spiro atoms. The molecule has 1 aliphatic heterocycles. The van der Waals surface area contributed by atoms with Gasteiger partial charge in [0.05, 0.1) is 11.3 Å². The van der Waals surface area contributed by atoms with Crippen molar-refractivity contribution in [1.29, 1.82) is 0 Å². The number of carboxylic acids is 1. The molecular formula is C14H16N2O5. The van der Waals surface area contributed by atoms with Crippen molar-refractivity contribution in [2.24, 2.45) is 0 Å². The molecule has 7 heteroatoms. The van der Waals surface area contributed by atoms with E-state index in [4.69, 9.17) is 5.11 Å². The molecule has 1 aliphatic rings. The number of nitro benzene ring substituents is 1. The minimum absolute atomic E-state index is 0.0137. The first-order valence-corrected chi connectivity index (χ1v) is 6.77. The highest BCUT2D eigenvalue weighted by atomic mass is 16.6. The van der Waals surface area contributed by atoms with E-state index in [2.05, 4.69) is 0 Å². The maximum atomic E-state index is 12.5. The van der Waals surface area contributed by atoms with Gasteiger partial charge in [-0.3, -0.25) is 19.7 Å². The largest absolute Gasteiger partial charge is 0.481 e. The molecule has 0 aromatic heterocycles. The van der Waals surface area contributed by atoms with Gasteiger partial charge in [-0.15, -0.1) is 0 Å². The quantitative estimate of drug-likeness (QED) is 0.676. The number of amides is 1. The molecule has 21 heavy (non-hydrogen) atoms. The van der Waals surface area contributed by atoms with Crippen molar-refractivity contribution in [1.82, 2.24) is 4.90 Å².